The molecule has 4 nitrogen and oxygen atoms in total. The minimum absolute atomic E-state index is 0.108. The van der Waals surface area contributed by atoms with Crippen molar-refractivity contribution in [3.63, 3.8) is 0 Å². The number of aromatic nitrogens is 3. The van der Waals surface area contributed by atoms with Crippen molar-refractivity contribution in [1.29, 1.82) is 0 Å². The Morgan fingerprint density at radius 3 is 2.65 bits per heavy atom. The average Bonchev–Trinajstić information content (AvgIpc) is 2.76. The molecule has 0 amide bonds. The summed E-state index contributed by atoms with van der Waals surface area (Å²) in [6, 6.07) is 6.42. The van der Waals surface area contributed by atoms with E-state index in [9.17, 15) is 4.39 Å². The third kappa shape index (κ3) is 1.72. The van der Waals surface area contributed by atoms with Gasteiger partial charge in [0, 0.05) is 0 Å². The summed E-state index contributed by atoms with van der Waals surface area (Å²) >= 11 is 0. The Hall–Kier alpha value is -1.75. The van der Waals surface area contributed by atoms with Crippen molar-refractivity contribution in [1.82, 2.24) is 14.8 Å². The van der Waals surface area contributed by atoms with Crippen LogP contribution in [0.15, 0.2) is 36.9 Å². The molecule has 1 aliphatic heterocycles. The van der Waals surface area contributed by atoms with E-state index in [1.807, 2.05) is 6.92 Å². The zero-order chi connectivity index (χ0) is 11.9. The fraction of sp³-hybridized carbons (Fsp3) is 0.333. The fourth-order valence-corrected chi connectivity index (χ4v) is 2.13. The van der Waals surface area contributed by atoms with Crippen LogP contribution in [0.3, 0.4) is 0 Å². The fourth-order valence-electron chi connectivity index (χ4n) is 2.13. The van der Waals surface area contributed by atoms with E-state index in [1.165, 1.54) is 18.5 Å². The first-order valence-electron chi connectivity index (χ1n) is 5.47. The van der Waals surface area contributed by atoms with Crippen LogP contribution >= 0.6 is 0 Å². The van der Waals surface area contributed by atoms with Crippen LogP contribution in [0.5, 0.6) is 0 Å². The van der Waals surface area contributed by atoms with E-state index in [2.05, 4.69) is 10.1 Å². The molecule has 0 radical (unpaired) electrons. The predicted octanol–water partition coefficient (Wildman–Crippen LogP) is 1.73. The molecule has 2 heterocycles. The minimum atomic E-state index is -0.387. The summed E-state index contributed by atoms with van der Waals surface area (Å²) in [5, 5.41) is 4.07. The maximum absolute atomic E-state index is 12.9. The van der Waals surface area contributed by atoms with Crippen molar-refractivity contribution < 1.29 is 9.13 Å². The lowest BCUT2D eigenvalue weighted by molar-refractivity contribution is 0.263. The van der Waals surface area contributed by atoms with Gasteiger partial charge in [0.2, 0.25) is 0 Å². The lowest BCUT2D eigenvalue weighted by Crippen LogP contribution is -2.20. The molecule has 2 aromatic rings. The lowest BCUT2D eigenvalue weighted by atomic mass is 9.96. The first-order valence-corrected chi connectivity index (χ1v) is 5.47. The highest BCUT2D eigenvalue weighted by atomic mass is 19.1. The van der Waals surface area contributed by atoms with Crippen molar-refractivity contribution in [3.05, 3.63) is 48.3 Å². The third-order valence-electron chi connectivity index (χ3n) is 3.18. The van der Waals surface area contributed by atoms with E-state index >= 15 is 0 Å². The summed E-state index contributed by atoms with van der Waals surface area (Å²) in [5.74, 6) is -0.238. The number of epoxide rings is 1. The maximum Gasteiger partial charge on any atom is 0.139 e. The van der Waals surface area contributed by atoms with Crippen LogP contribution in [0.4, 0.5) is 4.39 Å². The highest BCUT2D eigenvalue weighted by Crippen LogP contribution is 2.47. The summed E-state index contributed by atoms with van der Waals surface area (Å²) in [4.78, 5) is 3.90. The molecule has 88 valence electrons. The molecule has 0 saturated carbocycles. The van der Waals surface area contributed by atoms with Crippen LogP contribution in [0, 0.1) is 5.82 Å². The number of nitrogens with zero attached hydrogens (tertiary/aromatic N) is 3. The molecule has 3 rings (SSSR count). The Morgan fingerprint density at radius 1 is 1.41 bits per heavy atom. The Balaban J connectivity index is 1.90. The lowest BCUT2D eigenvalue weighted by Gasteiger charge is -2.12. The summed E-state index contributed by atoms with van der Waals surface area (Å²) < 4.78 is 20.3. The van der Waals surface area contributed by atoms with Gasteiger partial charge in [0.05, 0.1) is 12.6 Å². The molecule has 2 atom stereocenters. The van der Waals surface area contributed by atoms with E-state index in [0.29, 0.717) is 6.54 Å². The monoisotopic (exact) mass is 233 g/mol. The van der Waals surface area contributed by atoms with Gasteiger partial charge in [-0.1, -0.05) is 12.1 Å². The Morgan fingerprint density at radius 2 is 2.12 bits per heavy atom. The van der Waals surface area contributed by atoms with Crippen molar-refractivity contribution in [3.8, 4) is 0 Å². The number of benzene rings is 1. The van der Waals surface area contributed by atoms with Gasteiger partial charge in [0.1, 0.15) is 24.1 Å². The normalized spacial score (nSPS) is 27.1. The van der Waals surface area contributed by atoms with E-state index in [-0.39, 0.29) is 17.5 Å². The van der Waals surface area contributed by atoms with Gasteiger partial charge in [-0.25, -0.2) is 14.1 Å². The zero-order valence-electron chi connectivity index (χ0n) is 9.38. The number of hydrogen-bond donors (Lipinski definition) is 0. The van der Waals surface area contributed by atoms with Crippen LogP contribution in [-0.4, -0.2) is 20.9 Å². The molecular formula is C12H12FN3O. The number of halogens is 1. The van der Waals surface area contributed by atoms with E-state index < -0.39 is 0 Å². The molecule has 0 aliphatic carbocycles. The molecular weight excluding hydrogens is 221 g/mol. The van der Waals surface area contributed by atoms with Gasteiger partial charge in [0.25, 0.3) is 0 Å². The van der Waals surface area contributed by atoms with E-state index in [1.54, 1.807) is 23.1 Å². The van der Waals surface area contributed by atoms with Crippen LogP contribution in [-0.2, 0) is 16.9 Å². The van der Waals surface area contributed by atoms with Crippen molar-refractivity contribution in [2.75, 3.05) is 0 Å². The van der Waals surface area contributed by atoms with Gasteiger partial charge in [-0.2, -0.15) is 5.10 Å². The first kappa shape index (κ1) is 10.4. The second kappa shape index (κ2) is 3.63. The molecule has 1 fully saturated rings. The Bertz CT molecular complexity index is 511. The van der Waals surface area contributed by atoms with Crippen LogP contribution < -0.4 is 0 Å². The summed E-state index contributed by atoms with van der Waals surface area (Å²) in [7, 11) is 0. The molecule has 0 unspecified atom stereocenters. The standard InChI is InChI=1S/C12H12FN3O/c1-9-12(17-9,6-16-8-14-7-15-16)10-2-4-11(13)5-3-10/h2-5,7-9H,6H2,1H3/t9-,12-/m1/s1. The van der Waals surface area contributed by atoms with Gasteiger partial charge < -0.3 is 4.74 Å². The van der Waals surface area contributed by atoms with Crippen molar-refractivity contribution in [2.45, 2.75) is 25.2 Å². The van der Waals surface area contributed by atoms with E-state index in [4.69, 9.17) is 4.74 Å². The van der Waals surface area contributed by atoms with Crippen LogP contribution in [0.2, 0.25) is 0 Å². The smallest absolute Gasteiger partial charge is 0.139 e. The van der Waals surface area contributed by atoms with Gasteiger partial charge in [-0.05, 0) is 24.6 Å². The Kier molecular flexibility index (Phi) is 2.22. The second-order valence-electron chi connectivity index (χ2n) is 4.25. The molecule has 1 saturated heterocycles. The second-order valence-corrected chi connectivity index (χ2v) is 4.25. The van der Waals surface area contributed by atoms with Gasteiger partial charge in [-0.3, -0.25) is 0 Å². The molecule has 5 heteroatoms. The third-order valence-corrected chi connectivity index (χ3v) is 3.18. The highest BCUT2D eigenvalue weighted by Gasteiger charge is 2.55. The molecule has 1 aliphatic rings. The van der Waals surface area contributed by atoms with Gasteiger partial charge in [0.15, 0.2) is 0 Å². The van der Waals surface area contributed by atoms with Crippen LogP contribution in [0.1, 0.15) is 12.5 Å². The van der Waals surface area contributed by atoms with Gasteiger partial charge in [-0.15, -0.1) is 0 Å². The number of hydrogen-bond acceptors (Lipinski definition) is 3. The predicted molar refractivity (Wildman–Crippen MR) is 58.6 cm³/mol. The largest absolute Gasteiger partial charge is 0.359 e. The molecule has 0 N–H and O–H groups in total. The van der Waals surface area contributed by atoms with Crippen molar-refractivity contribution >= 4 is 0 Å². The van der Waals surface area contributed by atoms with Crippen LogP contribution in [0.25, 0.3) is 0 Å². The summed E-state index contributed by atoms with van der Waals surface area (Å²) in [6.07, 6.45) is 3.25. The number of rotatable bonds is 3. The topological polar surface area (TPSA) is 43.2 Å². The van der Waals surface area contributed by atoms with E-state index in [0.717, 1.165) is 5.56 Å². The Labute approximate surface area is 98.0 Å². The summed E-state index contributed by atoms with van der Waals surface area (Å²) in [5.41, 5.74) is 0.586. The molecule has 1 aromatic heterocycles. The molecule has 17 heavy (non-hydrogen) atoms. The first-order chi connectivity index (χ1) is 8.21. The quantitative estimate of drug-likeness (QED) is 0.758. The highest BCUT2D eigenvalue weighted by molar-refractivity contribution is 5.29. The molecule has 1 aromatic carbocycles. The molecule has 0 spiro atoms. The SMILES string of the molecule is C[C@H]1O[C@@]1(Cn1cncn1)c1ccc(F)cc1. The average molecular weight is 233 g/mol. The van der Waals surface area contributed by atoms with Crippen molar-refractivity contribution in [2.24, 2.45) is 0 Å². The minimum Gasteiger partial charge on any atom is -0.359 e. The zero-order valence-corrected chi connectivity index (χ0v) is 9.38. The summed E-state index contributed by atoms with van der Waals surface area (Å²) in [6.45, 7) is 2.60. The number of ether oxygens (including phenoxy) is 1. The maximum atomic E-state index is 12.9. The van der Waals surface area contributed by atoms with Gasteiger partial charge >= 0.3 is 0 Å². The molecule has 0 bridgehead atoms.